The van der Waals surface area contributed by atoms with Crippen molar-refractivity contribution in [2.75, 3.05) is 12.8 Å². The minimum absolute atomic E-state index is 0.357. The molecule has 0 unspecified atom stereocenters. The minimum Gasteiger partial charge on any atom is -0.497 e. The fourth-order valence-corrected chi connectivity index (χ4v) is 2.57. The first kappa shape index (κ1) is 12.7. The third-order valence-corrected chi connectivity index (χ3v) is 3.72. The predicted octanol–water partition coefficient (Wildman–Crippen LogP) is 3.36. The van der Waals surface area contributed by atoms with Crippen LogP contribution in [-0.2, 0) is 0 Å². The van der Waals surface area contributed by atoms with Gasteiger partial charge in [-0.25, -0.2) is 4.98 Å². The molecule has 0 saturated carbocycles. The number of aromatic nitrogens is 2. The van der Waals surface area contributed by atoms with E-state index in [0.29, 0.717) is 11.6 Å². The third kappa shape index (κ3) is 2.14. The van der Waals surface area contributed by atoms with Crippen LogP contribution < -0.4 is 10.5 Å². The molecule has 0 fully saturated rings. The number of methoxy groups -OCH3 is 1. The van der Waals surface area contributed by atoms with Gasteiger partial charge >= 0.3 is 0 Å². The second kappa shape index (κ2) is 4.97. The summed E-state index contributed by atoms with van der Waals surface area (Å²) in [5.74, 6) is 1.74. The van der Waals surface area contributed by atoms with Gasteiger partial charge in [-0.3, -0.25) is 0 Å². The number of anilines is 1. The highest BCUT2D eigenvalue weighted by molar-refractivity contribution is 7.09. The lowest BCUT2D eigenvalue weighted by Crippen LogP contribution is -1.89. The smallest absolute Gasteiger partial charge is 0.196 e. The summed E-state index contributed by atoms with van der Waals surface area (Å²) in [7, 11) is 1.63. The Balaban J connectivity index is 2.10. The number of benzene rings is 1. The van der Waals surface area contributed by atoms with E-state index in [1.165, 1.54) is 0 Å². The molecule has 0 atom stereocenters. The Kier molecular flexibility index (Phi) is 3.15. The van der Waals surface area contributed by atoms with Crippen LogP contribution in [0.25, 0.3) is 22.6 Å². The van der Waals surface area contributed by atoms with Crippen molar-refractivity contribution in [2.45, 2.75) is 6.92 Å². The van der Waals surface area contributed by atoms with Gasteiger partial charge in [0.15, 0.2) is 11.6 Å². The third-order valence-electron chi connectivity index (χ3n) is 2.95. The van der Waals surface area contributed by atoms with Gasteiger partial charge in [0, 0.05) is 5.38 Å². The maximum atomic E-state index is 5.93. The SMILES string of the molecule is COc1ccc(-c2c(N)noc2-c2csc(C)n2)cc1. The topological polar surface area (TPSA) is 74.2 Å². The first-order valence-corrected chi connectivity index (χ1v) is 6.89. The highest BCUT2D eigenvalue weighted by Gasteiger charge is 2.19. The van der Waals surface area contributed by atoms with Gasteiger partial charge in [0.25, 0.3) is 0 Å². The van der Waals surface area contributed by atoms with Crippen LogP contribution in [0.2, 0.25) is 0 Å². The van der Waals surface area contributed by atoms with Gasteiger partial charge in [0.1, 0.15) is 11.4 Å². The second-order valence-corrected chi connectivity index (χ2v) is 5.31. The van der Waals surface area contributed by atoms with Crippen molar-refractivity contribution in [3.8, 4) is 28.3 Å². The summed E-state index contributed by atoms with van der Waals surface area (Å²) < 4.78 is 10.5. The molecule has 2 heterocycles. The molecule has 20 heavy (non-hydrogen) atoms. The first-order chi connectivity index (χ1) is 9.69. The minimum atomic E-state index is 0.357. The molecule has 3 rings (SSSR count). The molecule has 0 amide bonds. The maximum absolute atomic E-state index is 5.93. The summed E-state index contributed by atoms with van der Waals surface area (Å²) in [6, 6.07) is 7.59. The maximum Gasteiger partial charge on any atom is 0.196 e. The van der Waals surface area contributed by atoms with E-state index in [0.717, 1.165) is 27.6 Å². The van der Waals surface area contributed by atoms with E-state index in [9.17, 15) is 0 Å². The highest BCUT2D eigenvalue weighted by atomic mass is 32.1. The molecular weight excluding hydrogens is 274 g/mol. The molecule has 0 saturated heterocycles. The molecule has 6 heteroatoms. The zero-order valence-electron chi connectivity index (χ0n) is 11.1. The molecule has 2 aromatic heterocycles. The number of hydrogen-bond donors (Lipinski definition) is 1. The molecule has 0 spiro atoms. The molecule has 1 aromatic carbocycles. The fraction of sp³-hybridized carbons (Fsp3) is 0.143. The van der Waals surface area contributed by atoms with Crippen LogP contribution in [0.1, 0.15) is 5.01 Å². The molecule has 2 N–H and O–H groups in total. The van der Waals surface area contributed by atoms with Crippen molar-refractivity contribution in [1.82, 2.24) is 10.1 Å². The van der Waals surface area contributed by atoms with Crippen LogP contribution in [0.3, 0.4) is 0 Å². The molecule has 5 nitrogen and oxygen atoms in total. The van der Waals surface area contributed by atoms with Crippen molar-refractivity contribution < 1.29 is 9.26 Å². The van der Waals surface area contributed by atoms with Crippen LogP contribution in [0.4, 0.5) is 5.82 Å². The number of ether oxygens (including phenoxy) is 1. The van der Waals surface area contributed by atoms with Crippen LogP contribution in [0, 0.1) is 6.92 Å². The zero-order chi connectivity index (χ0) is 14.1. The van der Waals surface area contributed by atoms with Gasteiger partial charge in [-0.05, 0) is 24.6 Å². The lowest BCUT2D eigenvalue weighted by atomic mass is 10.0. The summed E-state index contributed by atoms with van der Waals surface area (Å²) in [4.78, 5) is 4.42. The normalized spacial score (nSPS) is 10.7. The van der Waals surface area contributed by atoms with Crippen LogP contribution in [-0.4, -0.2) is 17.3 Å². The van der Waals surface area contributed by atoms with Crippen LogP contribution >= 0.6 is 11.3 Å². The number of rotatable bonds is 3. The molecule has 0 aliphatic carbocycles. The summed E-state index contributed by atoms with van der Waals surface area (Å²) in [5.41, 5.74) is 8.36. The van der Waals surface area contributed by atoms with E-state index in [4.69, 9.17) is 15.0 Å². The van der Waals surface area contributed by atoms with Crippen LogP contribution in [0.15, 0.2) is 34.2 Å². The lowest BCUT2D eigenvalue weighted by Gasteiger charge is -2.03. The lowest BCUT2D eigenvalue weighted by molar-refractivity contribution is 0.415. The Bertz CT molecular complexity index is 731. The van der Waals surface area contributed by atoms with E-state index >= 15 is 0 Å². The van der Waals surface area contributed by atoms with Crippen molar-refractivity contribution in [3.05, 3.63) is 34.7 Å². The Morgan fingerprint density at radius 3 is 2.60 bits per heavy atom. The van der Waals surface area contributed by atoms with E-state index in [2.05, 4.69) is 10.1 Å². The molecule has 0 aliphatic rings. The standard InChI is InChI=1S/C14H13N3O2S/c1-8-16-11(7-20-8)13-12(14(15)17-19-13)9-3-5-10(18-2)6-4-9/h3-7H,1-2H3,(H2,15,17). The summed E-state index contributed by atoms with van der Waals surface area (Å²) in [5, 5.41) is 6.76. The number of aryl methyl sites for hydroxylation is 1. The number of nitrogen functional groups attached to an aromatic ring is 1. The van der Waals surface area contributed by atoms with Gasteiger partial charge in [0.05, 0.1) is 17.7 Å². The predicted molar refractivity (Wildman–Crippen MR) is 78.7 cm³/mol. The number of thiazole rings is 1. The Labute approximate surface area is 120 Å². The average molecular weight is 287 g/mol. The molecular formula is C14H13N3O2S. The average Bonchev–Trinajstić information content (AvgIpc) is 3.05. The number of nitrogens with two attached hydrogens (primary N) is 1. The van der Waals surface area contributed by atoms with E-state index < -0.39 is 0 Å². The summed E-state index contributed by atoms with van der Waals surface area (Å²) in [6.07, 6.45) is 0. The van der Waals surface area contributed by atoms with Gasteiger partial charge in [-0.1, -0.05) is 17.3 Å². The quantitative estimate of drug-likeness (QED) is 0.799. The Morgan fingerprint density at radius 2 is 2.00 bits per heavy atom. The zero-order valence-corrected chi connectivity index (χ0v) is 11.9. The molecule has 0 aliphatic heterocycles. The first-order valence-electron chi connectivity index (χ1n) is 6.01. The Morgan fingerprint density at radius 1 is 1.25 bits per heavy atom. The molecule has 0 radical (unpaired) electrons. The van der Waals surface area contributed by atoms with E-state index in [-0.39, 0.29) is 0 Å². The number of nitrogens with zero attached hydrogens (tertiary/aromatic N) is 2. The number of hydrogen-bond acceptors (Lipinski definition) is 6. The van der Waals surface area contributed by atoms with Crippen molar-refractivity contribution in [1.29, 1.82) is 0 Å². The van der Waals surface area contributed by atoms with E-state index in [1.807, 2.05) is 36.6 Å². The molecule has 3 aromatic rings. The summed E-state index contributed by atoms with van der Waals surface area (Å²) in [6.45, 7) is 1.95. The van der Waals surface area contributed by atoms with E-state index in [1.54, 1.807) is 18.4 Å². The Hall–Kier alpha value is -2.34. The van der Waals surface area contributed by atoms with Crippen LogP contribution in [0.5, 0.6) is 5.75 Å². The fourth-order valence-electron chi connectivity index (χ4n) is 1.98. The monoisotopic (exact) mass is 287 g/mol. The second-order valence-electron chi connectivity index (χ2n) is 4.25. The van der Waals surface area contributed by atoms with Crippen molar-refractivity contribution in [3.63, 3.8) is 0 Å². The molecule has 102 valence electrons. The van der Waals surface area contributed by atoms with Gasteiger partial charge < -0.3 is 15.0 Å². The van der Waals surface area contributed by atoms with Gasteiger partial charge in [-0.2, -0.15) is 0 Å². The molecule has 0 bridgehead atoms. The largest absolute Gasteiger partial charge is 0.497 e. The van der Waals surface area contributed by atoms with Crippen molar-refractivity contribution >= 4 is 17.2 Å². The summed E-state index contributed by atoms with van der Waals surface area (Å²) >= 11 is 1.56. The van der Waals surface area contributed by atoms with Gasteiger partial charge in [-0.15, -0.1) is 11.3 Å². The highest BCUT2D eigenvalue weighted by Crippen LogP contribution is 2.37. The van der Waals surface area contributed by atoms with Crippen molar-refractivity contribution in [2.24, 2.45) is 0 Å². The van der Waals surface area contributed by atoms with Gasteiger partial charge in [0.2, 0.25) is 0 Å².